The molecule has 23 heavy (non-hydrogen) atoms. The number of nitrogens with zero attached hydrogens (tertiary/aromatic N) is 2. The van der Waals surface area contributed by atoms with Crippen LogP contribution in [0.1, 0.15) is 10.4 Å². The number of hydrogen-bond donors (Lipinski definition) is 0. The molecular formula is C18H21BrN2O2. The predicted molar refractivity (Wildman–Crippen MR) is 97.4 cm³/mol. The summed E-state index contributed by atoms with van der Waals surface area (Å²) >= 11 is 3.39. The van der Waals surface area contributed by atoms with Crippen molar-refractivity contribution < 1.29 is 9.53 Å². The number of likely N-dealkylation sites (N-methyl/N-ethyl adjacent to an activating group) is 1. The molecule has 0 aliphatic carbocycles. The van der Waals surface area contributed by atoms with Gasteiger partial charge in [-0.15, -0.1) is 0 Å². The van der Waals surface area contributed by atoms with Gasteiger partial charge in [0.05, 0.1) is 6.54 Å². The zero-order valence-electron chi connectivity index (χ0n) is 13.6. The van der Waals surface area contributed by atoms with Crippen LogP contribution in [0.5, 0.6) is 5.75 Å². The number of anilines is 1. The van der Waals surface area contributed by atoms with Gasteiger partial charge in [-0.3, -0.25) is 4.79 Å². The molecule has 2 rings (SSSR count). The number of amides is 1. The van der Waals surface area contributed by atoms with E-state index in [0.717, 1.165) is 15.9 Å². The molecule has 0 N–H and O–H groups in total. The molecule has 0 bridgehead atoms. The number of carbonyl (C=O) groups excluding carboxylic acids is 1. The SMILES string of the molecule is CN(CCOc1ccc(Br)cc1)C(=O)c1cccc(N(C)C)c1. The van der Waals surface area contributed by atoms with E-state index in [9.17, 15) is 4.79 Å². The molecule has 0 saturated heterocycles. The monoisotopic (exact) mass is 376 g/mol. The molecule has 2 aromatic carbocycles. The van der Waals surface area contributed by atoms with Crippen molar-refractivity contribution in [2.45, 2.75) is 0 Å². The Labute approximate surface area is 145 Å². The van der Waals surface area contributed by atoms with E-state index in [0.29, 0.717) is 18.7 Å². The van der Waals surface area contributed by atoms with Crippen LogP contribution in [0, 0.1) is 0 Å². The average molecular weight is 377 g/mol. The largest absolute Gasteiger partial charge is 0.492 e. The summed E-state index contributed by atoms with van der Waals surface area (Å²) in [5, 5.41) is 0. The van der Waals surface area contributed by atoms with Crippen LogP contribution in [0.3, 0.4) is 0 Å². The predicted octanol–water partition coefficient (Wildman–Crippen LogP) is 3.67. The van der Waals surface area contributed by atoms with Gasteiger partial charge in [0.15, 0.2) is 0 Å². The van der Waals surface area contributed by atoms with E-state index in [-0.39, 0.29) is 5.91 Å². The molecule has 5 heteroatoms. The minimum atomic E-state index is -0.00638. The maximum atomic E-state index is 12.5. The van der Waals surface area contributed by atoms with Crippen LogP contribution in [-0.2, 0) is 0 Å². The molecule has 0 atom stereocenters. The van der Waals surface area contributed by atoms with E-state index in [4.69, 9.17) is 4.74 Å². The first-order chi connectivity index (χ1) is 11.0. The van der Waals surface area contributed by atoms with Crippen LogP contribution in [0.15, 0.2) is 53.0 Å². The van der Waals surface area contributed by atoms with Gasteiger partial charge < -0.3 is 14.5 Å². The van der Waals surface area contributed by atoms with Gasteiger partial charge in [0.1, 0.15) is 12.4 Å². The lowest BCUT2D eigenvalue weighted by molar-refractivity contribution is 0.0774. The van der Waals surface area contributed by atoms with E-state index < -0.39 is 0 Å². The minimum Gasteiger partial charge on any atom is -0.492 e. The molecule has 0 heterocycles. The Balaban J connectivity index is 1.89. The van der Waals surface area contributed by atoms with Crippen molar-refractivity contribution in [3.05, 3.63) is 58.6 Å². The summed E-state index contributed by atoms with van der Waals surface area (Å²) in [7, 11) is 5.70. The number of hydrogen-bond acceptors (Lipinski definition) is 3. The third-order valence-corrected chi connectivity index (χ3v) is 3.99. The van der Waals surface area contributed by atoms with Crippen LogP contribution >= 0.6 is 15.9 Å². The molecule has 0 aromatic heterocycles. The standard InChI is InChI=1S/C18H21BrN2O2/c1-20(2)16-6-4-5-14(13-16)18(22)21(3)11-12-23-17-9-7-15(19)8-10-17/h4-10,13H,11-12H2,1-3H3. The van der Waals surface area contributed by atoms with E-state index in [2.05, 4.69) is 15.9 Å². The van der Waals surface area contributed by atoms with Crippen molar-refractivity contribution in [3.63, 3.8) is 0 Å². The van der Waals surface area contributed by atoms with Gasteiger partial charge in [0.2, 0.25) is 0 Å². The first-order valence-corrected chi connectivity index (χ1v) is 8.18. The fourth-order valence-corrected chi connectivity index (χ4v) is 2.33. The van der Waals surface area contributed by atoms with Crippen LogP contribution in [-0.4, -0.2) is 45.1 Å². The topological polar surface area (TPSA) is 32.8 Å². The van der Waals surface area contributed by atoms with Crippen molar-refractivity contribution in [2.24, 2.45) is 0 Å². The zero-order chi connectivity index (χ0) is 16.8. The number of carbonyl (C=O) groups is 1. The van der Waals surface area contributed by atoms with Crippen LogP contribution < -0.4 is 9.64 Å². The summed E-state index contributed by atoms with van der Waals surface area (Å²) < 4.78 is 6.67. The fraction of sp³-hybridized carbons (Fsp3) is 0.278. The Morgan fingerprint density at radius 3 is 2.43 bits per heavy atom. The highest BCUT2D eigenvalue weighted by Gasteiger charge is 2.12. The van der Waals surface area contributed by atoms with E-state index >= 15 is 0 Å². The summed E-state index contributed by atoms with van der Waals surface area (Å²) in [5.41, 5.74) is 1.69. The van der Waals surface area contributed by atoms with Crippen LogP contribution in [0.2, 0.25) is 0 Å². The number of benzene rings is 2. The number of rotatable bonds is 6. The maximum Gasteiger partial charge on any atom is 0.253 e. The second kappa shape index (κ2) is 8.02. The molecule has 4 nitrogen and oxygen atoms in total. The Morgan fingerprint density at radius 1 is 1.09 bits per heavy atom. The van der Waals surface area contributed by atoms with E-state index in [1.165, 1.54) is 0 Å². The first kappa shape index (κ1) is 17.3. The molecule has 0 radical (unpaired) electrons. The molecule has 1 amide bonds. The molecule has 0 aliphatic heterocycles. The van der Waals surface area contributed by atoms with Gasteiger partial charge in [-0.2, -0.15) is 0 Å². The molecule has 2 aromatic rings. The Morgan fingerprint density at radius 2 is 1.78 bits per heavy atom. The maximum absolute atomic E-state index is 12.5. The van der Waals surface area contributed by atoms with E-state index in [1.54, 1.807) is 11.9 Å². The molecule has 0 fully saturated rings. The van der Waals surface area contributed by atoms with Crippen molar-refractivity contribution in [2.75, 3.05) is 39.2 Å². The molecular weight excluding hydrogens is 356 g/mol. The van der Waals surface area contributed by atoms with Gasteiger partial charge in [0, 0.05) is 36.9 Å². The normalized spacial score (nSPS) is 10.3. The van der Waals surface area contributed by atoms with Crippen molar-refractivity contribution >= 4 is 27.5 Å². The Hall–Kier alpha value is -2.01. The van der Waals surface area contributed by atoms with Crippen molar-refractivity contribution in [1.82, 2.24) is 4.90 Å². The summed E-state index contributed by atoms with van der Waals surface area (Å²) in [6.45, 7) is 0.984. The summed E-state index contributed by atoms with van der Waals surface area (Å²) in [6, 6.07) is 15.3. The summed E-state index contributed by atoms with van der Waals surface area (Å²) in [6.07, 6.45) is 0. The van der Waals surface area contributed by atoms with Crippen molar-refractivity contribution in [1.29, 1.82) is 0 Å². The lowest BCUT2D eigenvalue weighted by Gasteiger charge is -2.19. The second-order valence-corrected chi connectivity index (χ2v) is 6.39. The smallest absolute Gasteiger partial charge is 0.253 e. The van der Waals surface area contributed by atoms with E-state index in [1.807, 2.05) is 67.5 Å². The molecule has 0 saturated carbocycles. The lowest BCUT2D eigenvalue weighted by atomic mass is 10.1. The minimum absolute atomic E-state index is 0.00638. The summed E-state index contributed by atoms with van der Waals surface area (Å²) in [4.78, 5) is 16.1. The lowest BCUT2D eigenvalue weighted by Crippen LogP contribution is -2.31. The first-order valence-electron chi connectivity index (χ1n) is 7.38. The second-order valence-electron chi connectivity index (χ2n) is 5.47. The van der Waals surface area contributed by atoms with Gasteiger partial charge >= 0.3 is 0 Å². The molecule has 0 spiro atoms. The molecule has 122 valence electrons. The van der Waals surface area contributed by atoms with Crippen LogP contribution in [0.4, 0.5) is 5.69 Å². The third kappa shape index (κ3) is 4.99. The zero-order valence-corrected chi connectivity index (χ0v) is 15.2. The van der Waals surface area contributed by atoms with Crippen molar-refractivity contribution in [3.8, 4) is 5.75 Å². The fourth-order valence-electron chi connectivity index (χ4n) is 2.07. The van der Waals surface area contributed by atoms with Crippen LogP contribution in [0.25, 0.3) is 0 Å². The third-order valence-electron chi connectivity index (χ3n) is 3.47. The van der Waals surface area contributed by atoms with Gasteiger partial charge in [-0.25, -0.2) is 0 Å². The quantitative estimate of drug-likeness (QED) is 0.770. The van der Waals surface area contributed by atoms with Gasteiger partial charge in [-0.05, 0) is 42.5 Å². The highest BCUT2D eigenvalue weighted by molar-refractivity contribution is 9.10. The highest BCUT2D eigenvalue weighted by atomic mass is 79.9. The van der Waals surface area contributed by atoms with Gasteiger partial charge in [-0.1, -0.05) is 22.0 Å². The summed E-state index contributed by atoms with van der Waals surface area (Å²) in [5.74, 6) is 0.789. The molecule has 0 unspecified atom stereocenters. The molecule has 0 aliphatic rings. The Kier molecular flexibility index (Phi) is 6.04. The highest BCUT2D eigenvalue weighted by Crippen LogP contribution is 2.17. The average Bonchev–Trinajstić information content (AvgIpc) is 2.56. The Bertz CT molecular complexity index is 656. The number of halogens is 1. The van der Waals surface area contributed by atoms with Gasteiger partial charge in [0.25, 0.3) is 5.91 Å². The number of ether oxygens (including phenoxy) is 1.